The van der Waals surface area contributed by atoms with Gasteiger partial charge in [0.05, 0.1) is 18.8 Å². The average molecular weight is 309 g/mol. The fourth-order valence-corrected chi connectivity index (χ4v) is 5.01. The van der Waals surface area contributed by atoms with Crippen LogP contribution in [0.15, 0.2) is 30.3 Å². The fraction of sp³-hybridized carbons (Fsp3) is 0.500. The quantitative estimate of drug-likeness (QED) is 0.879. The summed E-state index contributed by atoms with van der Waals surface area (Å²) >= 11 is 0. The Morgan fingerprint density at radius 2 is 1.74 bits per heavy atom. The number of likely N-dealkylation sites (N-methyl/N-ethyl adjacent to an activating group) is 1. The molecule has 2 bridgehead atoms. The summed E-state index contributed by atoms with van der Waals surface area (Å²) in [5.74, 6) is 0. The molecule has 2 aliphatic heterocycles. The van der Waals surface area contributed by atoms with Gasteiger partial charge in [-0.05, 0) is 60.2 Å². The van der Waals surface area contributed by atoms with Crippen molar-refractivity contribution in [2.24, 2.45) is 0 Å². The van der Waals surface area contributed by atoms with Gasteiger partial charge in [0.2, 0.25) is 0 Å². The monoisotopic (exact) mass is 309 g/mol. The SMILES string of the molecule is CN1C2COCC1CC(O)(c1ccc3c4c(cccc14)CC3)C2. The summed E-state index contributed by atoms with van der Waals surface area (Å²) in [6.07, 6.45) is 3.80. The maximum atomic E-state index is 11.6. The molecule has 2 atom stereocenters. The third-order valence-corrected chi connectivity index (χ3v) is 6.30. The number of hydrogen-bond acceptors (Lipinski definition) is 3. The van der Waals surface area contributed by atoms with Crippen LogP contribution in [0.4, 0.5) is 0 Å². The van der Waals surface area contributed by atoms with E-state index in [4.69, 9.17) is 4.74 Å². The molecule has 0 amide bonds. The molecule has 2 fully saturated rings. The van der Waals surface area contributed by atoms with E-state index in [0.29, 0.717) is 12.1 Å². The molecule has 2 heterocycles. The van der Waals surface area contributed by atoms with E-state index in [2.05, 4.69) is 42.3 Å². The van der Waals surface area contributed by atoms with E-state index in [0.717, 1.165) is 44.5 Å². The Morgan fingerprint density at radius 3 is 2.48 bits per heavy atom. The van der Waals surface area contributed by atoms with Crippen LogP contribution >= 0.6 is 0 Å². The van der Waals surface area contributed by atoms with E-state index < -0.39 is 5.60 Å². The van der Waals surface area contributed by atoms with Crippen LogP contribution in [-0.2, 0) is 23.2 Å². The highest BCUT2D eigenvalue weighted by Gasteiger charge is 2.46. The number of hydrogen-bond donors (Lipinski definition) is 1. The first-order chi connectivity index (χ1) is 11.2. The van der Waals surface area contributed by atoms with Crippen molar-refractivity contribution < 1.29 is 9.84 Å². The molecule has 0 saturated carbocycles. The Morgan fingerprint density at radius 1 is 1.04 bits per heavy atom. The van der Waals surface area contributed by atoms with Gasteiger partial charge < -0.3 is 9.84 Å². The third-order valence-electron chi connectivity index (χ3n) is 6.30. The summed E-state index contributed by atoms with van der Waals surface area (Å²) in [4.78, 5) is 2.40. The molecular formula is C20H23NO2. The first kappa shape index (κ1) is 14.0. The molecule has 1 aliphatic carbocycles. The molecule has 3 heteroatoms. The first-order valence-electron chi connectivity index (χ1n) is 8.72. The van der Waals surface area contributed by atoms with Gasteiger partial charge in [-0.3, -0.25) is 4.90 Å². The smallest absolute Gasteiger partial charge is 0.0934 e. The zero-order valence-corrected chi connectivity index (χ0v) is 13.6. The molecule has 2 aromatic carbocycles. The molecule has 2 unspecified atom stereocenters. The maximum Gasteiger partial charge on any atom is 0.0934 e. The molecule has 0 radical (unpaired) electrons. The molecule has 2 saturated heterocycles. The van der Waals surface area contributed by atoms with Crippen LogP contribution < -0.4 is 0 Å². The highest BCUT2D eigenvalue weighted by molar-refractivity contribution is 5.93. The third kappa shape index (κ3) is 1.94. The summed E-state index contributed by atoms with van der Waals surface area (Å²) in [6.45, 7) is 1.47. The number of fused-ring (bicyclic) bond motifs is 2. The van der Waals surface area contributed by atoms with Gasteiger partial charge >= 0.3 is 0 Å². The van der Waals surface area contributed by atoms with Crippen LogP contribution in [0.2, 0.25) is 0 Å². The second-order valence-electron chi connectivity index (χ2n) is 7.56. The summed E-state index contributed by atoms with van der Waals surface area (Å²) < 4.78 is 5.72. The van der Waals surface area contributed by atoms with E-state index in [1.807, 2.05) is 0 Å². The molecule has 120 valence electrons. The second kappa shape index (κ2) is 4.79. The van der Waals surface area contributed by atoms with Crippen molar-refractivity contribution >= 4 is 10.8 Å². The lowest BCUT2D eigenvalue weighted by molar-refractivity contribution is -0.137. The van der Waals surface area contributed by atoms with Crippen LogP contribution in [0.3, 0.4) is 0 Å². The fourth-order valence-electron chi connectivity index (χ4n) is 5.01. The van der Waals surface area contributed by atoms with Crippen LogP contribution in [0.25, 0.3) is 10.8 Å². The van der Waals surface area contributed by atoms with Crippen LogP contribution in [-0.4, -0.2) is 42.4 Å². The van der Waals surface area contributed by atoms with Gasteiger partial charge in [-0.1, -0.05) is 30.3 Å². The molecule has 2 aromatic rings. The largest absolute Gasteiger partial charge is 0.385 e. The maximum absolute atomic E-state index is 11.6. The summed E-state index contributed by atoms with van der Waals surface area (Å²) in [5.41, 5.74) is 3.29. The molecule has 23 heavy (non-hydrogen) atoms. The zero-order valence-electron chi connectivity index (χ0n) is 13.6. The first-order valence-corrected chi connectivity index (χ1v) is 8.72. The van der Waals surface area contributed by atoms with Gasteiger partial charge in [-0.15, -0.1) is 0 Å². The Hall–Kier alpha value is -1.42. The number of benzene rings is 2. The molecule has 3 nitrogen and oxygen atoms in total. The second-order valence-corrected chi connectivity index (χ2v) is 7.56. The van der Waals surface area contributed by atoms with Gasteiger partial charge in [-0.2, -0.15) is 0 Å². The van der Waals surface area contributed by atoms with Gasteiger partial charge in [0.15, 0.2) is 0 Å². The predicted octanol–water partition coefficient (Wildman–Crippen LogP) is 2.62. The van der Waals surface area contributed by atoms with Crippen LogP contribution in [0, 0.1) is 0 Å². The number of piperidine rings is 1. The van der Waals surface area contributed by atoms with Gasteiger partial charge in [0, 0.05) is 12.1 Å². The Labute approximate surface area is 136 Å². The van der Waals surface area contributed by atoms with Crippen molar-refractivity contribution in [2.75, 3.05) is 20.3 Å². The van der Waals surface area contributed by atoms with Crippen molar-refractivity contribution in [2.45, 2.75) is 43.4 Å². The molecular weight excluding hydrogens is 286 g/mol. The van der Waals surface area contributed by atoms with Crippen LogP contribution in [0.1, 0.15) is 29.5 Å². The molecule has 0 spiro atoms. The van der Waals surface area contributed by atoms with Crippen molar-refractivity contribution in [1.82, 2.24) is 4.90 Å². The molecule has 3 aliphatic rings. The van der Waals surface area contributed by atoms with E-state index in [1.54, 1.807) is 0 Å². The Kier molecular flexibility index (Phi) is 2.91. The number of rotatable bonds is 1. The van der Waals surface area contributed by atoms with Crippen molar-refractivity contribution in [3.8, 4) is 0 Å². The predicted molar refractivity (Wildman–Crippen MR) is 90.6 cm³/mol. The highest BCUT2D eigenvalue weighted by Crippen LogP contribution is 2.44. The minimum atomic E-state index is -0.731. The van der Waals surface area contributed by atoms with Crippen molar-refractivity contribution in [3.63, 3.8) is 0 Å². The standard InChI is InChI=1S/C20H23NO2/c1-21-15-9-20(22,10-16(21)12-23-11-15)18-8-7-14-6-5-13-3-2-4-17(18)19(13)14/h2-4,7-8,15-16,22H,5-6,9-12H2,1H3. The zero-order chi connectivity index (χ0) is 15.6. The van der Waals surface area contributed by atoms with Gasteiger partial charge in [0.25, 0.3) is 0 Å². The number of ether oxygens (including phenoxy) is 1. The number of aliphatic hydroxyl groups is 1. The highest BCUT2D eigenvalue weighted by atomic mass is 16.5. The average Bonchev–Trinajstić information content (AvgIpc) is 2.95. The minimum Gasteiger partial charge on any atom is -0.385 e. The summed E-state index contributed by atoms with van der Waals surface area (Å²) in [5, 5.41) is 14.3. The molecule has 0 aromatic heterocycles. The van der Waals surface area contributed by atoms with E-state index in [9.17, 15) is 5.11 Å². The normalized spacial score (nSPS) is 33.3. The molecule has 1 N–H and O–H groups in total. The number of morpholine rings is 1. The lowest BCUT2D eigenvalue weighted by atomic mass is 9.75. The van der Waals surface area contributed by atoms with Crippen molar-refractivity contribution in [3.05, 3.63) is 47.0 Å². The van der Waals surface area contributed by atoms with E-state index in [1.165, 1.54) is 21.9 Å². The van der Waals surface area contributed by atoms with E-state index in [-0.39, 0.29) is 0 Å². The summed E-state index contributed by atoms with van der Waals surface area (Å²) in [7, 11) is 2.17. The van der Waals surface area contributed by atoms with E-state index >= 15 is 0 Å². The lowest BCUT2D eigenvalue weighted by Crippen LogP contribution is -2.59. The molecule has 5 rings (SSSR count). The van der Waals surface area contributed by atoms with Gasteiger partial charge in [-0.25, -0.2) is 0 Å². The van der Waals surface area contributed by atoms with Crippen molar-refractivity contribution in [1.29, 1.82) is 0 Å². The van der Waals surface area contributed by atoms with Gasteiger partial charge in [0.1, 0.15) is 0 Å². The minimum absolute atomic E-state index is 0.315. The Bertz CT molecular complexity index is 760. The summed E-state index contributed by atoms with van der Waals surface area (Å²) in [6, 6.07) is 11.7. The number of nitrogens with zero attached hydrogens (tertiary/aromatic N) is 1. The Balaban J connectivity index is 1.66. The van der Waals surface area contributed by atoms with Crippen LogP contribution in [0.5, 0.6) is 0 Å². The lowest BCUT2D eigenvalue weighted by Gasteiger charge is -2.50. The number of aryl methyl sites for hydroxylation is 2. The topological polar surface area (TPSA) is 32.7 Å².